The summed E-state index contributed by atoms with van der Waals surface area (Å²) in [5.41, 5.74) is 10.2. The molecule has 0 radical (unpaired) electrons. The number of piperidine rings is 1. The third-order valence-electron chi connectivity index (χ3n) is 6.12. The minimum absolute atomic E-state index is 0.0263. The lowest BCUT2D eigenvalue weighted by atomic mass is 9.90. The zero-order valence-corrected chi connectivity index (χ0v) is 19.0. The summed E-state index contributed by atoms with van der Waals surface area (Å²) in [5, 5.41) is 17.7. The van der Waals surface area contributed by atoms with Gasteiger partial charge in [0.1, 0.15) is 0 Å². The molecule has 174 valence electrons. The lowest BCUT2D eigenvalue weighted by Gasteiger charge is -2.31. The Hall–Kier alpha value is -3.39. The van der Waals surface area contributed by atoms with Crippen LogP contribution in [0.2, 0.25) is 0 Å². The van der Waals surface area contributed by atoms with Crippen LogP contribution in [0.25, 0.3) is 22.0 Å². The number of aromatic amines is 1. The van der Waals surface area contributed by atoms with Crippen molar-refractivity contribution in [1.82, 2.24) is 15.1 Å². The number of nitrogens with one attached hydrogen (secondary N) is 1. The molecule has 2 aromatic carbocycles. The monoisotopic (exact) mass is 450 g/mol. The number of amides is 2. The molecular weight excluding hydrogens is 420 g/mol. The van der Waals surface area contributed by atoms with E-state index in [9.17, 15) is 14.7 Å². The van der Waals surface area contributed by atoms with E-state index in [4.69, 9.17) is 10.5 Å². The first kappa shape index (κ1) is 22.8. The molecule has 1 saturated heterocycles. The number of aliphatic hydroxyl groups is 1. The van der Waals surface area contributed by atoms with Gasteiger partial charge < -0.3 is 20.5 Å². The SMILES string of the molecule is CC(C)COC(=O)N1CCC(c2n[nH]c3c(C(N)=O)cc(-c4ccc(CO)cc4)cc23)CC1. The summed E-state index contributed by atoms with van der Waals surface area (Å²) in [6.07, 6.45) is 1.26. The number of ether oxygens (including phenoxy) is 1. The van der Waals surface area contributed by atoms with Crippen molar-refractivity contribution in [2.75, 3.05) is 19.7 Å². The van der Waals surface area contributed by atoms with Crippen molar-refractivity contribution >= 4 is 22.9 Å². The van der Waals surface area contributed by atoms with Crippen molar-refractivity contribution in [3.63, 3.8) is 0 Å². The number of carbonyl (C=O) groups excluding carboxylic acids is 2. The van der Waals surface area contributed by atoms with Gasteiger partial charge >= 0.3 is 6.09 Å². The molecule has 0 atom stereocenters. The molecule has 8 heteroatoms. The standard InChI is InChI=1S/C25H30N4O4/c1-15(2)14-33-25(32)29-9-7-18(8-10-29)22-20-11-19(17-5-3-16(13-30)4-6-17)12-21(24(26)31)23(20)28-27-22/h3-6,11-12,15,18,30H,7-10,13-14H2,1-2H3,(H2,26,31)(H,27,28). The highest BCUT2D eigenvalue weighted by Crippen LogP contribution is 2.35. The molecule has 1 aliphatic heterocycles. The molecule has 1 aromatic heterocycles. The lowest BCUT2D eigenvalue weighted by molar-refractivity contribution is 0.0833. The van der Waals surface area contributed by atoms with Gasteiger partial charge in [-0.3, -0.25) is 9.89 Å². The Morgan fingerprint density at radius 3 is 2.48 bits per heavy atom. The van der Waals surface area contributed by atoms with Crippen molar-refractivity contribution in [3.05, 3.63) is 53.2 Å². The Morgan fingerprint density at radius 1 is 1.18 bits per heavy atom. The summed E-state index contributed by atoms with van der Waals surface area (Å²) >= 11 is 0. The van der Waals surface area contributed by atoms with Crippen LogP contribution >= 0.6 is 0 Å². The van der Waals surface area contributed by atoms with Gasteiger partial charge in [-0.2, -0.15) is 5.10 Å². The van der Waals surface area contributed by atoms with E-state index in [0.29, 0.717) is 36.7 Å². The Morgan fingerprint density at radius 2 is 1.88 bits per heavy atom. The van der Waals surface area contributed by atoms with Gasteiger partial charge in [-0.05, 0) is 47.6 Å². The van der Waals surface area contributed by atoms with Crippen LogP contribution in [0.1, 0.15) is 54.2 Å². The summed E-state index contributed by atoms with van der Waals surface area (Å²) in [4.78, 5) is 26.2. The Labute approximate surface area is 192 Å². The number of aromatic nitrogens is 2. The first-order valence-corrected chi connectivity index (χ1v) is 11.3. The van der Waals surface area contributed by atoms with E-state index in [2.05, 4.69) is 10.2 Å². The summed E-state index contributed by atoms with van der Waals surface area (Å²) in [6, 6.07) is 11.3. The summed E-state index contributed by atoms with van der Waals surface area (Å²) in [5.74, 6) is -0.0669. The van der Waals surface area contributed by atoms with Crippen molar-refractivity contribution in [1.29, 1.82) is 0 Å². The number of primary amides is 1. The fraction of sp³-hybridized carbons (Fsp3) is 0.400. The largest absolute Gasteiger partial charge is 0.449 e. The third-order valence-corrected chi connectivity index (χ3v) is 6.12. The molecule has 2 amide bonds. The first-order chi connectivity index (χ1) is 15.9. The molecule has 0 saturated carbocycles. The predicted octanol–water partition coefficient (Wildman–Crippen LogP) is 3.79. The van der Waals surface area contributed by atoms with E-state index in [-0.39, 0.29) is 18.6 Å². The molecule has 0 spiro atoms. The third kappa shape index (κ3) is 4.85. The highest BCUT2D eigenvalue weighted by molar-refractivity contribution is 6.07. The van der Waals surface area contributed by atoms with Crippen LogP contribution in [-0.2, 0) is 11.3 Å². The number of benzene rings is 2. The maximum Gasteiger partial charge on any atom is 0.409 e. The number of fused-ring (bicyclic) bond motifs is 1. The van der Waals surface area contributed by atoms with Crippen molar-refractivity contribution in [2.24, 2.45) is 11.7 Å². The summed E-state index contributed by atoms with van der Waals surface area (Å²) < 4.78 is 5.36. The molecule has 4 rings (SSSR count). The fourth-order valence-electron chi connectivity index (χ4n) is 4.28. The second-order valence-corrected chi connectivity index (χ2v) is 9.01. The smallest absolute Gasteiger partial charge is 0.409 e. The highest BCUT2D eigenvalue weighted by Gasteiger charge is 2.28. The van der Waals surface area contributed by atoms with Crippen LogP contribution < -0.4 is 5.73 Å². The predicted molar refractivity (Wildman–Crippen MR) is 126 cm³/mol. The Bertz CT molecular complexity index is 1150. The van der Waals surface area contributed by atoms with Gasteiger partial charge in [0, 0.05) is 24.4 Å². The maximum absolute atomic E-state index is 12.3. The first-order valence-electron chi connectivity index (χ1n) is 11.3. The normalized spacial score (nSPS) is 14.7. The average molecular weight is 451 g/mol. The lowest BCUT2D eigenvalue weighted by Crippen LogP contribution is -2.38. The number of nitrogens with two attached hydrogens (primary N) is 1. The van der Waals surface area contributed by atoms with E-state index in [1.165, 1.54) is 0 Å². The molecule has 0 unspecified atom stereocenters. The maximum atomic E-state index is 12.3. The molecule has 4 N–H and O–H groups in total. The van der Waals surface area contributed by atoms with E-state index in [1.54, 1.807) is 11.0 Å². The quantitative estimate of drug-likeness (QED) is 0.527. The molecule has 0 aliphatic carbocycles. The number of hydrogen-bond acceptors (Lipinski definition) is 5. The highest BCUT2D eigenvalue weighted by atomic mass is 16.6. The Balaban J connectivity index is 1.60. The second kappa shape index (κ2) is 9.62. The molecule has 0 bridgehead atoms. The fourth-order valence-corrected chi connectivity index (χ4v) is 4.28. The van der Waals surface area contributed by atoms with Gasteiger partial charge in [-0.25, -0.2) is 4.79 Å². The van der Waals surface area contributed by atoms with E-state index in [1.807, 2.05) is 44.2 Å². The number of aliphatic hydroxyl groups excluding tert-OH is 1. The topological polar surface area (TPSA) is 122 Å². The average Bonchev–Trinajstić information content (AvgIpc) is 3.26. The molecular formula is C25H30N4O4. The number of carbonyl (C=O) groups is 2. The van der Waals surface area contributed by atoms with Gasteiger partial charge in [-0.15, -0.1) is 0 Å². The number of nitrogens with zero attached hydrogens (tertiary/aromatic N) is 2. The molecule has 1 fully saturated rings. The van der Waals surface area contributed by atoms with Gasteiger partial charge in [0.15, 0.2) is 0 Å². The van der Waals surface area contributed by atoms with E-state index in [0.717, 1.165) is 40.6 Å². The Kier molecular flexibility index (Phi) is 6.65. The van der Waals surface area contributed by atoms with E-state index >= 15 is 0 Å². The van der Waals surface area contributed by atoms with Gasteiger partial charge in [-0.1, -0.05) is 38.1 Å². The van der Waals surface area contributed by atoms with E-state index < -0.39 is 5.91 Å². The van der Waals surface area contributed by atoms with Crippen molar-refractivity contribution in [3.8, 4) is 11.1 Å². The second-order valence-electron chi connectivity index (χ2n) is 9.01. The van der Waals surface area contributed by atoms with Crippen molar-refractivity contribution < 1.29 is 19.4 Å². The summed E-state index contributed by atoms with van der Waals surface area (Å²) in [6.45, 7) is 5.61. The number of rotatable bonds is 6. The van der Waals surface area contributed by atoms with Crippen LogP contribution in [0, 0.1) is 5.92 Å². The van der Waals surface area contributed by atoms with Gasteiger partial charge in [0.2, 0.25) is 0 Å². The number of H-pyrrole nitrogens is 1. The zero-order valence-electron chi connectivity index (χ0n) is 19.0. The van der Waals surface area contributed by atoms with Gasteiger partial charge in [0.25, 0.3) is 5.91 Å². The number of hydrogen-bond donors (Lipinski definition) is 3. The van der Waals surface area contributed by atoms with Crippen LogP contribution in [0.15, 0.2) is 36.4 Å². The van der Waals surface area contributed by atoms with Crippen LogP contribution in [0.3, 0.4) is 0 Å². The minimum Gasteiger partial charge on any atom is -0.449 e. The zero-order chi connectivity index (χ0) is 23.5. The summed E-state index contributed by atoms with van der Waals surface area (Å²) in [7, 11) is 0. The molecule has 33 heavy (non-hydrogen) atoms. The molecule has 3 aromatic rings. The minimum atomic E-state index is -0.522. The molecule has 8 nitrogen and oxygen atoms in total. The van der Waals surface area contributed by atoms with Crippen LogP contribution in [0.4, 0.5) is 4.79 Å². The number of likely N-dealkylation sites (tertiary alicyclic amines) is 1. The molecule has 2 heterocycles. The molecule has 1 aliphatic rings. The van der Waals surface area contributed by atoms with Gasteiger partial charge in [0.05, 0.1) is 30.0 Å². The van der Waals surface area contributed by atoms with Crippen LogP contribution in [0.5, 0.6) is 0 Å². The van der Waals surface area contributed by atoms with Crippen molar-refractivity contribution in [2.45, 2.75) is 39.2 Å². The van der Waals surface area contributed by atoms with Crippen LogP contribution in [-0.4, -0.2) is 51.9 Å².